The van der Waals surface area contributed by atoms with E-state index in [1.54, 1.807) is 7.11 Å². The Morgan fingerprint density at radius 2 is 2.12 bits per heavy atom. The van der Waals surface area contributed by atoms with Crippen LogP contribution in [-0.2, 0) is 9.53 Å². The third kappa shape index (κ3) is 5.12. The number of amidine groups is 1. The summed E-state index contributed by atoms with van der Waals surface area (Å²) in [6.45, 7) is 1.00. The summed E-state index contributed by atoms with van der Waals surface area (Å²) >= 11 is 0. The third-order valence-electron chi connectivity index (χ3n) is 2.09. The fourth-order valence-electron chi connectivity index (χ4n) is 1.21. The number of carbonyl (C=O) groups excluding carboxylic acids is 1. The van der Waals surface area contributed by atoms with Crippen LogP contribution in [-0.4, -0.2) is 38.5 Å². The van der Waals surface area contributed by atoms with Crippen molar-refractivity contribution < 1.29 is 9.53 Å². The van der Waals surface area contributed by atoms with E-state index in [0.717, 1.165) is 5.56 Å². The second-order valence-electron chi connectivity index (χ2n) is 3.41. The zero-order valence-corrected chi connectivity index (χ0v) is 9.85. The maximum absolute atomic E-state index is 11.3. The van der Waals surface area contributed by atoms with Gasteiger partial charge in [-0.05, 0) is 0 Å². The van der Waals surface area contributed by atoms with Gasteiger partial charge in [0.25, 0.3) is 0 Å². The lowest BCUT2D eigenvalue weighted by molar-refractivity contribution is -0.119. The molecule has 1 aromatic rings. The summed E-state index contributed by atoms with van der Waals surface area (Å²) in [6.07, 6.45) is 0. The van der Waals surface area contributed by atoms with Gasteiger partial charge in [0.2, 0.25) is 5.91 Å². The number of methoxy groups -OCH3 is 1. The third-order valence-corrected chi connectivity index (χ3v) is 2.09. The Morgan fingerprint density at radius 3 is 2.76 bits per heavy atom. The van der Waals surface area contributed by atoms with Crippen LogP contribution in [0, 0.1) is 0 Å². The van der Waals surface area contributed by atoms with Gasteiger partial charge >= 0.3 is 0 Å². The Hall–Kier alpha value is -1.88. The Balaban J connectivity index is 2.40. The number of hydrogen-bond donors (Lipinski definition) is 2. The zero-order valence-electron chi connectivity index (χ0n) is 9.85. The number of nitrogens with zero attached hydrogens (tertiary/aromatic N) is 1. The number of amides is 1. The van der Waals surface area contributed by atoms with E-state index in [0.29, 0.717) is 19.0 Å². The first-order chi connectivity index (χ1) is 8.24. The quantitative estimate of drug-likeness (QED) is 0.419. The van der Waals surface area contributed by atoms with Crippen molar-refractivity contribution in [2.24, 2.45) is 10.7 Å². The SMILES string of the molecule is COCCNC(=O)CN=C(N)c1ccccc1. The van der Waals surface area contributed by atoms with Crippen molar-refractivity contribution in [2.75, 3.05) is 26.8 Å². The Bertz CT molecular complexity index is 377. The molecule has 0 atom stereocenters. The zero-order chi connectivity index (χ0) is 12.5. The fourth-order valence-corrected chi connectivity index (χ4v) is 1.21. The summed E-state index contributed by atoms with van der Waals surface area (Å²) in [5.74, 6) is 0.202. The van der Waals surface area contributed by atoms with Crippen LogP contribution in [0.4, 0.5) is 0 Å². The average Bonchev–Trinajstić information content (AvgIpc) is 2.37. The summed E-state index contributed by atoms with van der Waals surface area (Å²) in [6, 6.07) is 9.34. The molecule has 0 aliphatic rings. The minimum absolute atomic E-state index is 0.0322. The van der Waals surface area contributed by atoms with Crippen molar-refractivity contribution >= 4 is 11.7 Å². The summed E-state index contributed by atoms with van der Waals surface area (Å²) in [5.41, 5.74) is 6.56. The fraction of sp³-hybridized carbons (Fsp3) is 0.333. The molecular formula is C12H17N3O2. The van der Waals surface area contributed by atoms with Crippen LogP contribution < -0.4 is 11.1 Å². The lowest BCUT2D eigenvalue weighted by Gasteiger charge is -2.03. The molecule has 0 heterocycles. The predicted octanol–water partition coefficient (Wildman–Crippen LogP) is 0.155. The molecule has 92 valence electrons. The van der Waals surface area contributed by atoms with Gasteiger partial charge in [0, 0.05) is 19.2 Å². The summed E-state index contributed by atoms with van der Waals surface area (Å²) in [7, 11) is 1.58. The lowest BCUT2D eigenvalue weighted by Crippen LogP contribution is -2.29. The highest BCUT2D eigenvalue weighted by atomic mass is 16.5. The predicted molar refractivity (Wildman–Crippen MR) is 66.9 cm³/mol. The smallest absolute Gasteiger partial charge is 0.241 e. The first-order valence-electron chi connectivity index (χ1n) is 5.35. The van der Waals surface area contributed by atoms with Crippen LogP contribution in [0.1, 0.15) is 5.56 Å². The van der Waals surface area contributed by atoms with Gasteiger partial charge in [-0.15, -0.1) is 0 Å². The van der Waals surface area contributed by atoms with Crippen LogP contribution in [0.15, 0.2) is 35.3 Å². The van der Waals surface area contributed by atoms with Crippen molar-refractivity contribution in [3.63, 3.8) is 0 Å². The van der Waals surface area contributed by atoms with E-state index in [2.05, 4.69) is 10.3 Å². The summed E-state index contributed by atoms with van der Waals surface area (Å²) in [4.78, 5) is 15.3. The van der Waals surface area contributed by atoms with Crippen molar-refractivity contribution in [3.8, 4) is 0 Å². The van der Waals surface area contributed by atoms with Gasteiger partial charge in [0.15, 0.2) is 0 Å². The number of carbonyl (C=O) groups is 1. The van der Waals surface area contributed by atoms with Crippen LogP contribution in [0.5, 0.6) is 0 Å². The highest BCUT2D eigenvalue weighted by Gasteiger charge is 2.00. The van der Waals surface area contributed by atoms with Crippen LogP contribution in [0.3, 0.4) is 0 Å². The Labute approximate surface area is 101 Å². The second-order valence-corrected chi connectivity index (χ2v) is 3.41. The molecule has 0 saturated carbocycles. The summed E-state index contributed by atoms with van der Waals surface area (Å²) < 4.78 is 4.81. The maximum Gasteiger partial charge on any atom is 0.241 e. The summed E-state index contributed by atoms with van der Waals surface area (Å²) in [5, 5.41) is 2.66. The van der Waals surface area contributed by atoms with Gasteiger partial charge < -0.3 is 15.8 Å². The first-order valence-corrected chi connectivity index (χ1v) is 5.35. The standard InChI is InChI=1S/C12H17N3O2/c1-17-8-7-14-11(16)9-15-12(13)10-5-3-2-4-6-10/h2-6H,7-9H2,1H3,(H2,13,15)(H,14,16). The minimum atomic E-state index is -0.166. The number of hydrogen-bond acceptors (Lipinski definition) is 3. The van der Waals surface area contributed by atoms with E-state index in [1.807, 2.05) is 30.3 Å². The molecule has 0 radical (unpaired) electrons. The molecule has 5 heteroatoms. The number of ether oxygens (including phenoxy) is 1. The highest BCUT2D eigenvalue weighted by Crippen LogP contribution is 1.97. The average molecular weight is 235 g/mol. The number of rotatable bonds is 6. The van der Waals surface area contributed by atoms with Crippen molar-refractivity contribution in [1.82, 2.24) is 5.32 Å². The van der Waals surface area contributed by atoms with Gasteiger partial charge in [-0.3, -0.25) is 9.79 Å². The molecule has 3 N–H and O–H groups in total. The van der Waals surface area contributed by atoms with Crippen molar-refractivity contribution in [3.05, 3.63) is 35.9 Å². The molecule has 0 fully saturated rings. The van der Waals surface area contributed by atoms with Gasteiger partial charge in [-0.1, -0.05) is 30.3 Å². The minimum Gasteiger partial charge on any atom is -0.383 e. The van der Waals surface area contributed by atoms with Crippen molar-refractivity contribution in [2.45, 2.75) is 0 Å². The number of benzene rings is 1. The molecule has 5 nitrogen and oxygen atoms in total. The van der Waals surface area contributed by atoms with E-state index < -0.39 is 0 Å². The molecular weight excluding hydrogens is 218 g/mol. The largest absolute Gasteiger partial charge is 0.383 e. The molecule has 0 spiro atoms. The van der Waals surface area contributed by atoms with Gasteiger partial charge in [0.1, 0.15) is 12.4 Å². The highest BCUT2D eigenvalue weighted by molar-refractivity contribution is 5.98. The number of nitrogens with one attached hydrogen (secondary N) is 1. The van der Waals surface area contributed by atoms with Crippen LogP contribution >= 0.6 is 0 Å². The Morgan fingerprint density at radius 1 is 1.41 bits per heavy atom. The second kappa shape index (κ2) is 7.40. The molecule has 17 heavy (non-hydrogen) atoms. The molecule has 0 bridgehead atoms. The molecule has 0 aliphatic carbocycles. The lowest BCUT2D eigenvalue weighted by atomic mass is 10.2. The van der Waals surface area contributed by atoms with E-state index in [9.17, 15) is 4.79 Å². The molecule has 1 aromatic carbocycles. The number of aliphatic imine (C=N–C) groups is 1. The molecule has 1 amide bonds. The van der Waals surface area contributed by atoms with Gasteiger partial charge in [-0.25, -0.2) is 0 Å². The van der Waals surface area contributed by atoms with E-state index in [-0.39, 0.29) is 12.5 Å². The molecule has 0 saturated heterocycles. The molecule has 0 unspecified atom stereocenters. The van der Waals surface area contributed by atoms with Gasteiger partial charge in [0.05, 0.1) is 6.61 Å². The van der Waals surface area contributed by atoms with E-state index in [1.165, 1.54) is 0 Å². The topological polar surface area (TPSA) is 76.7 Å². The number of nitrogens with two attached hydrogens (primary N) is 1. The first kappa shape index (κ1) is 13.2. The van der Waals surface area contributed by atoms with Crippen LogP contribution in [0.25, 0.3) is 0 Å². The normalized spacial score (nSPS) is 11.2. The molecule has 0 aromatic heterocycles. The van der Waals surface area contributed by atoms with Crippen molar-refractivity contribution in [1.29, 1.82) is 0 Å². The van der Waals surface area contributed by atoms with Crippen LogP contribution in [0.2, 0.25) is 0 Å². The molecule has 0 aliphatic heterocycles. The Kier molecular flexibility index (Phi) is 5.74. The van der Waals surface area contributed by atoms with E-state index >= 15 is 0 Å². The van der Waals surface area contributed by atoms with Gasteiger partial charge in [-0.2, -0.15) is 0 Å². The maximum atomic E-state index is 11.3. The van der Waals surface area contributed by atoms with E-state index in [4.69, 9.17) is 10.5 Å². The molecule has 1 rings (SSSR count). The monoisotopic (exact) mass is 235 g/mol.